The molecule has 124 valence electrons. The summed E-state index contributed by atoms with van der Waals surface area (Å²) in [4.78, 5) is 0. The van der Waals surface area contributed by atoms with Gasteiger partial charge in [0, 0.05) is 28.5 Å². The van der Waals surface area contributed by atoms with E-state index in [-0.39, 0.29) is 5.75 Å². The van der Waals surface area contributed by atoms with Crippen LogP contribution in [0.5, 0.6) is 5.75 Å². The molecule has 0 saturated heterocycles. The summed E-state index contributed by atoms with van der Waals surface area (Å²) >= 11 is 6.05. The smallest absolute Gasteiger partial charge is 0.136 e. The molecule has 4 nitrogen and oxygen atoms in total. The van der Waals surface area contributed by atoms with Crippen LogP contribution in [-0.2, 0) is 6.42 Å². The maximum Gasteiger partial charge on any atom is 0.136 e. The molecule has 3 aromatic rings. The Morgan fingerprint density at radius 1 is 1.17 bits per heavy atom. The predicted molar refractivity (Wildman–Crippen MR) is 95.6 cm³/mol. The number of phenols is 1. The van der Waals surface area contributed by atoms with Crippen molar-refractivity contribution in [3.8, 4) is 5.75 Å². The zero-order chi connectivity index (χ0) is 17.4. The number of hydrogen-bond acceptors (Lipinski definition) is 4. The molecule has 0 atom stereocenters. The lowest BCUT2D eigenvalue weighted by atomic mass is 9.95. The number of halogens is 1. The number of nitrogens with zero attached hydrogens (tertiary/aromatic N) is 1. The largest absolute Gasteiger partial charge is 0.507 e. The van der Waals surface area contributed by atoms with Crippen LogP contribution >= 0.6 is 11.6 Å². The first-order valence-electron chi connectivity index (χ1n) is 7.70. The molecule has 3 rings (SSSR count). The second-order valence-electron chi connectivity index (χ2n) is 5.80. The monoisotopic (exact) mass is 343 g/mol. The molecular formula is C19H18ClNO3. The second-order valence-corrected chi connectivity index (χ2v) is 6.24. The molecular weight excluding hydrogens is 326 g/mol. The summed E-state index contributed by atoms with van der Waals surface area (Å²) in [6.45, 7) is 5.61. The van der Waals surface area contributed by atoms with Gasteiger partial charge in [0.15, 0.2) is 0 Å². The fraction of sp³-hybridized carbons (Fsp3) is 0.211. The minimum absolute atomic E-state index is 0.246. The lowest BCUT2D eigenvalue weighted by Gasteiger charge is -2.10. The van der Waals surface area contributed by atoms with Crippen molar-refractivity contribution in [2.75, 3.05) is 0 Å². The molecule has 0 fully saturated rings. The summed E-state index contributed by atoms with van der Waals surface area (Å²) in [6.07, 6.45) is 0.650. The van der Waals surface area contributed by atoms with E-state index in [0.717, 1.165) is 33.4 Å². The van der Waals surface area contributed by atoms with E-state index >= 15 is 0 Å². The van der Waals surface area contributed by atoms with Gasteiger partial charge in [-0.3, -0.25) is 0 Å². The van der Waals surface area contributed by atoms with E-state index < -0.39 is 0 Å². The molecule has 0 amide bonds. The summed E-state index contributed by atoms with van der Waals surface area (Å²) in [5.74, 6) is 0.971. The number of aryl methyl sites for hydroxylation is 3. The topological polar surface area (TPSA) is 66.0 Å². The number of furan rings is 1. The lowest BCUT2D eigenvalue weighted by molar-refractivity contribution is 0.319. The van der Waals surface area contributed by atoms with E-state index in [9.17, 15) is 10.3 Å². The Morgan fingerprint density at radius 3 is 2.42 bits per heavy atom. The Balaban J connectivity index is 2.28. The van der Waals surface area contributed by atoms with Crippen molar-refractivity contribution >= 4 is 28.3 Å². The van der Waals surface area contributed by atoms with Gasteiger partial charge in [-0.2, -0.15) is 0 Å². The van der Waals surface area contributed by atoms with Crippen molar-refractivity contribution in [3.05, 3.63) is 63.4 Å². The number of aromatic hydroxyl groups is 1. The highest BCUT2D eigenvalue weighted by molar-refractivity contribution is 6.31. The Kier molecular flexibility index (Phi) is 4.24. The Labute approximate surface area is 145 Å². The maximum atomic E-state index is 9.98. The average molecular weight is 344 g/mol. The normalized spacial score (nSPS) is 12.1. The van der Waals surface area contributed by atoms with Gasteiger partial charge in [0.05, 0.1) is 5.56 Å². The van der Waals surface area contributed by atoms with Crippen LogP contribution in [0, 0.1) is 13.8 Å². The molecule has 2 aromatic carbocycles. The van der Waals surface area contributed by atoms with Crippen LogP contribution in [0.3, 0.4) is 0 Å². The molecule has 0 bridgehead atoms. The van der Waals surface area contributed by atoms with Crippen LogP contribution < -0.4 is 0 Å². The number of fused-ring (bicyclic) bond motifs is 1. The first-order valence-corrected chi connectivity index (χ1v) is 8.08. The van der Waals surface area contributed by atoms with Gasteiger partial charge in [-0.05, 0) is 49.2 Å². The number of hydrogen-bond donors (Lipinski definition) is 2. The number of phenolic OH excluding ortho intramolecular Hbond substituents is 1. The molecule has 1 aromatic heterocycles. The fourth-order valence-corrected chi connectivity index (χ4v) is 3.14. The first kappa shape index (κ1) is 16.4. The summed E-state index contributed by atoms with van der Waals surface area (Å²) in [5.41, 5.74) is 3.98. The number of benzene rings is 2. The van der Waals surface area contributed by atoms with Crippen LogP contribution in [0.1, 0.15) is 34.9 Å². The van der Waals surface area contributed by atoms with Crippen molar-refractivity contribution in [2.45, 2.75) is 27.2 Å². The van der Waals surface area contributed by atoms with Crippen molar-refractivity contribution < 1.29 is 14.7 Å². The highest BCUT2D eigenvalue weighted by Crippen LogP contribution is 2.32. The van der Waals surface area contributed by atoms with Crippen molar-refractivity contribution in [1.29, 1.82) is 0 Å². The third kappa shape index (κ3) is 2.63. The molecule has 24 heavy (non-hydrogen) atoms. The van der Waals surface area contributed by atoms with Gasteiger partial charge in [0.25, 0.3) is 0 Å². The third-order valence-electron chi connectivity index (χ3n) is 4.15. The minimum atomic E-state index is 0.246. The molecule has 0 aliphatic heterocycles. The molecule has 0 saturated carbocycles. The van der Waals surface area contributed by atoms with E-state index in [1.165, 1.54) is 0 Å². The van der Waals surface area contributed by atoms with E-state index in [1.807, 2.05) is 26.8 Å². The van der Waals surface area contributed by atoms with E-state index in [0.29, 0.717) is 22.7 Å². The molecule has 0 radical (unpaired) electrons. The van der Waals surface area contributed by atoms with Crippen LogP contribution in [0.25, 0.3) is 11.0 Å². The summed E-state index contributed by atoms with van der Waals surface area (Å²) in [6, 6.07) is 8.99. The van der Waals surface area contributed by atoms with Gasteiger partial charge in [0.2, 0.25) is 0 Å². The quantitative estimate of drug-likeness (QED) is 0.390. The van der Waals surface area contributed by atoms with E-state index in [4.69, 9.17) is 16.0 Å². The van der Waals surface area contributed by atoms with Gasteiger partial charge in [-0.15, -0.1) is 0 Å². The molecule has 0 aliphatic rings. The SMILES string of the molecule is CCc1oc2cc(Cl)ccc2c1/C(=N/O)c1cc(C)c(O)c(C)c1. The van der Waals surface area contributed by atoms with Gasteiger partial charge in [0.1, 0.15) is 22.8 Å². The minimum Gasteiger partial charge on any atom is -0.507 e. The van der Waals surface area contributed by atoms with Gasteiger partial charge >= 0.3 is 0 Å². The summed E-state index contributed by atoms with van der Waals surface area (Å²) in [5, 5.41) is 24.6. The molecule has 2 N–H and O–H groups in total. The van der Waals surface area contributed by atoms with E-state index in [2.05, 4.69) is 5.16 Å². The molecule has 5 heteroatoms. The maximum absolute atomic E-state index is 9.98. The van der Waals surface area contributed by atoms with Crippen LogP contribution in [-0.4, -0.2) is 16.0 Å². The second kappa shape index (κ2) is 6.21. The van der Waals surface area contributed by atoms with Crippen LogP contribution in [0.15, 0.2) is 39.9 Å². The molecule has 0 unspecified atom stereocenters. The number of rotatable bonds is 3. The summed E-state index contributed by atoms with van der Waals surface area (Å²) in [7, 11) is 0. The zero-order valence-corrected chi connectivity index (χ0v) is 14.5. The summed E-state index contributed by atoms with van der Waals surface area (Å²) < 4.78 is 5.89. The Hall–Kier alpha value is -2.46. The molecule has 0 aliphatic carbocycles. The lowest BCUT2D eigenvalue weighted by Crippen LogP contribution is -2.06. The molecule has 0 spiro atoms. The zero-order valence-electron chi connectivity index (χ0n) is 13.7. The van der Waals surface area contributed by atoms with Gasteiger partial charge in [-0.25, -0.2) is 0 Å². The first-order chi connectivity index (χ1) is 11.5. The highest BCUT2D eigenvalue weighted by Gasteiger charge is 2.21. The average Bonchev–Trinajstić information content (AvgIpc) is 2.91. The van der Waals surface area contributed by atoms with Crippen LogP contribution in [0.4, 0.5) is 0 Å². The van der Waals surface area contributed by atoms with Crippen molar-refractivity contribution in [2.24, 2.45) is 5.16 Å². The van der Waals surface area contributed by atoms with Crippen LogP contribution in [0.2, 0.25) is 5.02 Å². The fourth-order valence-electron chi connectivity index (χ4n) is 2.97. The van der Waals surface area contributed by atoms with Crippen molar-refractivity contribution in [1.82, 2.24) is 0 Å². The Bertz CT molecular complexity index is 934. The van der Waals surface area contributed by atoms with E-state index in [1.54, 1.807) is 24.3 Å². The highest BCUT2D eigenvalue weighted by atomic mass is 35.5. The predicted octanol–water partition coefficient (Wildman–Crippen LogP) is 5.20. The Morgan fingerprint density at radius 2 is 1.83 bits per heavy atom. The van der Waals surface area contributed by atoms with Crippen molar-refractivity contribution in [3.63, 3.8) is 0 Å². The third-order valence-corrected chi connectivity index (χ3v) is 4.38. The molecule has 1 heterocycles. The van der Waals surface area contributed by atoms with Gasteiger partial charge in [-0.1, -0.05) is 23.7 Å². The number of oxime groups is 1. The standard InChI is InChI=1S/C19H18ClNO3/c1-4-15-17(14-6-5-13(20)9-16(14)24-15)18(21-23)12-7-10(2)19(22)11(3)8-12/h5-9,22-23H,4H2,1-3H3/b21-18+. The van der Waals surface area contributed by atoms with Gasteiger partial charge < -0.3 is 14.7 Å².